The van der Waals surface area contributed by atoms with Crippen molar-refractivity contribution in [2.45, 2.75) is 30.7 Å². The Balaban J connectivity index is 2.40. The molecule has 0 spiro atoms. The van der Waals surface area contributed by atoms with E-state index in [1.807, 2.05) is 12.2 Å². The normalized spacial score (nSPS) is 15.7. The summed E-state index contributed by atoms with van der Waals surface area (Å²) in [6, 6.07) is 2.10. The Morgan fingerprint density at radius 1 is 1.35 bits per heavy atom. The highest BCUT2D eigenvalue weighted by Gasteiger charge is 2.26. The van der Waals surface area contributed by atoms with Gasteiger partial charge in [-0.2, -0.15) is 0 Å². The molecule has 0 heterocycles. The van der Waals surface area contributed by atoms with E-state index < -0.39 is 20.6 Å². The quantitative estimate of drug-likeness (QED) is 0.525. The Hall–Kier alpha value is -1.44. The lowest BCUT2D eigenvalue weighted by Gasteiger charge is -2.14. The van der Waals surface area contributed by atoms with Gasteiger partial charge in [0.2, 0.25) is 10.0 Å². The topological polar surface area (TPSA) is 89.3 Å². The second-order valence-corrected chi connectivity index (χ2v) is 6.68. The van der Waals surface area contributed by atoms with Crippen molar-refractivity contribution in [1.82, 2.24) is 4.72 Å². The van der Waals surface area contributed by atoms with Gasteiger partial charge in [-0.3, -0.25) is 10.1 Å². The van der Waals surface area contributed by atoms with Gasteiger partial charge in [0.25, 0.3) is 5.69 Å². The Morgan fingerprint density at radius 3 is 2.50 bits per heavy atom. The van der Waals surface area contributed by atoms with Gasteiger partial charge in [0.05, 0.1) is 9.82 Å². The molecule has 0 bridgehead atoms. The number of aryl methyl sites for hydroxylation is 1. The van der Waals surface area contributed by atoms with Crippen LogP contribution in [0.4, 0.5) is 5.69 Å². The average molecular weight is 317 g/mol. The molecule has 0 saturated heterocycles. The molecule has 0 aromatic heterocycles. The first-order chi connectivity index (χ1) is 9.31. The molecule has 20 heavy (non-hydrogen) atoms. The number of hydrogen-bond acceptors (Lipinski definition) is 4. The average Bonchev–Trinajstić information content (AvgIpc) is 2.79. The molecule has 2 rings (SSSR count). The summed E-state index contributed by atoms with van der Waals surface area (Å²) in [6.07, 6.45) is 5.02. The first kappa shape index (κ1) is 15.0. The van der Waals surface area contributed by atoms with Crippen LogP contribution in [-0.2, 0) is 10.0 Å². The summed E-state index contributed by atoms with van der Waals surface area (Å²) >= 11 is 5.75. The summed E-state index contributed by atoms with van der Waals surface area (Å²) in [5.41, 5.74) is -0.0405. The first-order valence-electron chi connectivity index (χ1n) is 5.93. The zero-order valence-corrected chi connectivity index (χ0v) is 12.2. The van der Waals surface area contributed by atoms with Gasteiger partial charge in [0, 0.05) is 12.1 Å². The van der Waals surface area contributed by atoms with Gasteiger partial charge in [0.15, 0.2) is 0 Å². The maximum absolute atomic E-state index is 12.3. The Bertz CT molecular complexity index is 677. The molecule has 1 aromatic carbocycles. The lowest BCUT2D eigenvalue weighted by atomic mass is 10.2. The standard InChI is InChI=1S/C12H13ClN2O4S/c1-8-6-10(13)11(15(16)17)7-12(8)20(18,19)14-9-4-2-3-5-9/h2-3,6-7,9,14H,4-5H2,1H3. The fourth-order valence-electron chi connectivity index (χ4n) is 2.07. The number of rotatable bonds is 4. The SMILES string of the molecule is Cc1cc(Cl)c([N+](=O)[O-])cc1S(=O)(=O)NC1CC=CC1. The van der Waals surface area contributed by atoms with Gasteiger partial charge in [-0.25, -0.2) is 13.1 Å². The highest BCUT2D eigenvalue weighted by Crippen LogP contribution is 2.30. The van der Waals surface area contributed by atoms with Gasteiger partial charge in [0.1, 0.15) is 5.02 Å². The fraction of sp³-hybridized carbons (Fsp3) is 0.333. The van der Waals surface area contributed by atoms with E-state index in [0.717, 1.165) is 6.07 Å². The van der Waals surface area contributed by atoms with Crippen molar-refractivity contribution in [2.24, 2.45) is 0 Å². The molecule has 1 aliphatic rings. The molecular weight excluding hydrogens is 304 g/mol. The van der Waals surface area contributed by atoms with E-state index in [0.29, 0.717) is 18.4 Å². The number of hydrogen-bond donors (Lipinski definition) is 1. The maximum atomic E-state index is 12.3. The largest absolute Gasteiger partial charge is 0.289 e. The van der Waals surface area contributed by atoms with Gasteiger partial charge >= 0.3 is 0 Å². The first-order valence-corrected chi connectivity index (χ1v) is 7.79. The smallest absolute Gasteiger partial charge is 0.258 e. The van der Waals surface area contributed by atoms with Gasteiger partial charge in [-0.05, 0) is 31.4 Å². The van der Waals surface area contributed by atoms with Gasteiger partial charge < -0.3 is 0 Å². The molecule has 0 radical (unpaired) electrons. The van der Waals surface area contributed by atoms with Crippen LogP contribution in [0.2, 0.25) is 5.02 Å². The van der Waals surface area contributed by atoms with Crippen LogP contribution in [0.3, 0.4) is 0 Å². The molecule has 0 atom stereocenters. The molecule has 108 valence electrons. The number of nitro benzene ring substituents is 1. The molecule has 1 aliphatic carbocycles. The van der Waals surface area contributed by atoms with Crippen molar-refractivity contribution in [3.05, 3.63) is 45.0 Å². The predicted octanol–water partition coefficient (Wildman–Crippen LogP) is 2.55. The second-order valence-electron chi connectivity index (χ2n) is 4.59. The third kappa shape index (κ3) is 3.00. The molecule has 8 heteroatoms. The molecule has 1 aromatic rings. The molecule has 0 aliphatic heterocycles. The van der Waals surface area contributed by atoms with Crippen molar-refractivity contribution in [2.75, 3.05) is 0 Å². The molecule has 0 saturated carbocycles. The number of halogens is 1. The van der Waals surface area contributed by atoms with Crippen molar-refractivity contribution in [1.29, 1.82) is 0 Å². The van der Waals surface area contributed by atoms with Crippen LogP contribution < -0.4 is 4.72 Å². The Labute approximate surface area is 121 Å². The second kappa shape index (κ2) is 5.51. The minimum atomic E-state index is -3.80. The lowest BCUT2D eigenvalue weighted by Crippen LogP contribution is -2.33. The number of benzene rings is 1. The minimum absolute atomic E-state index is 0.0750. The van der Waals surface area contributed by atoms with E-state index in [2.05, 4.69) is 4.72 Å². The van der Waals surface area contributed by atoms with E-state index in [-0.39, 0.29) is 16.0 Å². The predicted molar refractivity (Wildman–Crippen MR) is 75.3 cm³/mol. The Morgan fingerprint density at radius 2 is 1.95 bits per heavy atom. The van der Waals surface area contributed by atoms with Crippen LogP contribution in [0.5, 0.6) is 0 Å². The van der Waals surface area contributed by atoms with Crippen LogP contribution in [0.25, 0.3) is 0 Å². The third-order valence-corrected chi connectivity index (χ3v) is 5.03. The van der Waals surface area contributed by atoms with Crippen LogP contribution >= 0.6 is 11.6 Å². The number of nitrogens with one attached hydrogen (secondary N) is 1. The lowest BCUT2D eigenvalue weighted by molar-refractivity contribution is -0.384. The van der Waals surface area contributed by atoms with Crippen molar-refractivity contribution in [3.8, 4) is 0 Å². The van der Waals surface area contributed by atoms with Gasteiger partial charge in [-0.1, -0.05) is 23.8 Å². The number of sulfonamides is 1. The minimum Gasteiger partial charge on any atom is -0.258 e. The zero-order valence-electron chi connectivity index (χ0n) is 10.7. The van der Waals surface area contributed by atoms with Crippen LogP contribution in [0.1, 0.15) is 18.4 Å². The van der Waals surface area contributed by atoms with Crippen molar-refractivity contribution >= 4 is 27.3 Å². The summed E-state index contributed by atoms with van der Waals surface area (Å²) in [4.78, 5) is 10.0. The summed E-state index contributed by atoms with van der Waals surface area (Å²) in [6.45, 7) is 1.55. The molecule has 1 N–H and O–H groups in total. The zero-order chi connectivity index (χ0) is 14.9. The highest BCUT2D eigenvalue weighted by atomic mass is 35.5. The highest BCUT2D eigenvalue weighted by molar-refractivity contribution is 7.89. The molecular formula is C12H13ClN2O4S. The van der Waals surface area contributed by atoms with Crippen molar-refractivity contribution in [3.63, 3.8) is 0 Å². The molecule has 0 fully saturated rings. The van der Waals surface area contributed by atoms with Gasteiger partial charge in [-0.15, -0.1) is 0 Å². The van der Waals surface area contributed by atoms with Crippen molar-refractivity contribution < 1.29 is 13.3 Å². The van der Waals surface area contributed by atoms with E-state index >= 15 is 0 Å². The van der Waals surface area contributed by atoms with Crippen LogP contribution in [-0.4, -0.2) is 19.4 Å². The van der Waals surface area contributed by atoms with E-state index in [9.17, 15) is 18.5 Å². The van der Waals surface area contributed by atoms with E-state index in [4.69, 9.17) is 11.6 Å². The van der Waals surface area contributed by atoms with Crippen LogP contribution in [0, 0.1) is 17.0 Å². The maximum Gasteiger partial charge on any atom is 0.289 e. The summed E-state index contributed by atoms with van der Waals surface area (Å²) in [5.74, 6) is 0. The summed E-state index contributed by atoms with van der Waals surface area (Å²) in [5, 5.41) is 10.8. The third-order valence-electron chi connectivity index (χ3n) is 3.06. The monoisotopic (exact) mass is 316 g/mol. The van der Waals surface area contributed by atoms with E-state index in [1.165, 1.54) is 6.07 Å². The number of nitrogens with zero attached hydrogens (tertiary/aromatic N) is 1. The Kier molecular flexibility index (Phi) is 4.12. The molecule has 6 nitrogen and oxygen atoms in total. The van der Waals surface area contributed by atoms with E-state index in [1.54, 1.807) is 6.92 Å². The fourth-order valence-corrected chi connectivity index (χ4v) is 3.86. The summed E-state index contributed by atoms with van der Waals surface area (Å²) in [7, 11) is -3.80. The number of nitro groups is 1. The van der Waals surface area contributed by atoms with Crippen LogP contribution in [0.15, 0.2) is 29.2 Å². The summed E-state index contributed by atoms with van der Waals surface area (Å²) < 4.78 is 27.1. The molecule has 0 unspecified atom stereocenters. The molecule has 0 amide bonds.